The van der Waals surface area contributed by atoms with Gasteiger partial charge in [0.1, 0.15) is 0 Å². The van der Waals surface area contributed by atoms with Crippen LogP contribution in [-0.4, -0.2) is 78.3 Å². The lowest BCUT2D eigenvalue weighted by molar-refractivity contribution is -0.384. The van der Waals surface area contributed by atoms with Gasteiger partial charge in [-0.15, -0.1) is 0 Å². The fourth-order valence-electron chi connectivity index (χ4n) is 4.84. The number of hydrogen-bond acceptors (Lipinski definition) is 6. The average Bonchev–Trinajstić information content (AvgIpc) is 3.38. The summed E-state index contributed by atoms with van der Waals surface area (Å²) in [5.41, 5.74) is 1.84. The molecule has 2 aliphatic heterocycles. The number of nitro groups is 1. The van der Waals surface area contributed by atoms with Gasteiger partial charge >= 0.3 is 0 Å². The Morgan fingerprint density at radius 1 is 1.10 bits per heavy atom. The molecule has 230 valence electrons. The SMILES string of the molecule is C/C(=C\[C@H](C(C)C)N(C)C(=O)CNC=O)C(=O)N1CCc2ccc([N+](=O)[O-])cc21.CC(C)N1CCCCC1.CCC. The van der Waals surface area contributed by atoms with Crippen molar-refractivity contribution in [1.82, 2.24) is 15.1 Å². The van der Waals surface area contributed by atoms with E-state index in [9.17, 15) is 24.5 Å². The van der Waals surface area contributed by atoms with E-state index in [-0.39, 0.29) is 36.0 Å². The zero-order chi connectivity index (χ0) is 31.1. The van der Waals surface area contributed by atoms with Crippen molar-refractivity contribution in [2.45, 2.75) is 92.7 Å². The summed E-state index contributed by atoms with van der Waals surface area (Å²) in [5, 5.41) is 13.4. The third-order valence-electron chi connectivity index (χ3n) is 7.16. The first-order valence-electron chi connectivity index (χ1n) is 14.8. The van der Waals surface area contributed by atoms with Gasteiger partial charge in [0, 0.05) is 37.3 Å². The number of non-ortho nitro benzene ring substituents is 1. The number of nitrogens with zero attached hydrogens (tertiary/aromatic N) is 4. The van der Waals surface area contributed by atoms with Gasteiger partial charge in [0.2, 0.25) is 12.3 Å². The second-order valence-corrected chi connectivity index (χ2v) is 11.3. The van der Waals surface area contributed by atoms with Crippen LogP contribution < -0.4 is 10.2 Å². The number of nitrogens with one attached hydrogen (secondary N) is 1. The first-order valence-corrected chi connectivity index (χ1v) is 14.8. The van der Waals surface area contributed by atoms with Crippen molar-refractivity contribution < 1.29 is 19.3 Å². The van der Waals surface area contributed by atoms with Gasteiger partial charge < -0.3 is 20.0 Å². The second kappa shape index (κ2) is 18.2. The van der Waals surface area contributed by atoms with E-state index in [1.54, 1.807) is 31.0 Å². The zero-order valence-corrected chi connectivity index (χ0v) is 26.3. The van der Waals surface area contributed by atoms with Crippen molar-refractivity contribution >= 4 is 29.6 Å². The van der Waals surface area contributed by atoms with Crippen LogP contribution in [0.1, 0.15) is 79.7 Å². The number of fused-ring (bicyclic) bond motifs is 1. The normalized spacial score (nSPS) is 15.7. The number of carbonyl (C=O) groups is 3. The lowest BCUT2D eigenvalue weighted by Gasteiger charge is -2.30. The number of likely N-dealkylation sites (N-methyl/N-ethyl adjacent to an activating group) is 1. The number of rotatable bonds is 9. The number of anilines is 1. The van der Waals surface area contributed by atoms with Crippen molar-refractivity contribution in [2.75, 3.05) is 38.1 Å². The molecule has 0 saturated carbocycles. The van der Waals surface area contributed by atoms with Crippen LogP contribution in [0.25, 0.3) is 0 Å². The van der Waals surface area contributed by atoms with Crippen LogP contribution in [0.5, 0.6) is 0 Å². The van der Waals surface area contributed by atoms with Gasteiger partial charge in [-0.05, 0) is 64.6 Å². The average molecular weight is 574 g/mol. The molecular weight excluding hydrogens is 522 g/mol. The number of nitro benzene ring substituents is 1. The predicted molar refractivity (Wildman–Crippen MR) is 165 cm³/mol. The summed E-state index contributed by atoms with van der Waals surface area (Å²) < 4.78 is 0. The van der Waals surface area contributed by atoms with Crippen LogP contribution >= 0.6 is 0 Å². The maximum Gasteiger partial charge on any atom is 0.271 e. The van der Waals surface area contributed by atoms with Gasteiger partial charge in [0.05, 0.1) is 23.2 Å². The fourth-order valence-corrected chi connectivity index (χ4v) is 4.84. The molecule has 10 nitrogen and oxygen atoms in total. The lowest BCUT2D eigenvalue weighted by Crippen LogP contribution is -2.44. The Balaban J connectivity index is 0.000000581. The van der Waals surface area contributed by atoms with Gasteiger partial charge in [-0.1, -0.05) is 52.7 Å². The topological polar surface area (TPSA) is 116 Å². The number of piperidine rings is 1. The molecule has 1 N–H and O–H groups in total. The molecular formula is C31H51N5O5. The summed E-state index contributed by atoms with van der Waals surface area (Å²) in [5.74, 6) is -0.480. The van der Waals surface area contributed by atoms with Crippen LogP contribution in [0.3, 0.4) is 0 Å². The highest BCUT2D eigenvalue weighted by atomic mass is 16.6. The van der Waals surface area contributed by atoms with E-state index in [2.05, 4.69) is 37.9 Å². The van der Waals surface area contributed by atoms with E-state index >= 15 is 0 Å². The zero-order valence-electron chi connectivity index (χ0n) is 26.3. The fraction of sp³-hybridized carbons (Fsp3) is 0.645. The Hall–Kier alpha value is -3.27. The van der Waals surface area contributed by atoms with E-state index < -0.39 is 4.92 Å². The molecule has 0 radical (unpaired) electrons. The Morgan fingerprint density at radius 2 is 1.71 bits per heavy atom. The van der Waals surface area contributed by atoms with Crippen LogP contribution in [-0.2, 0) is 20.8 Å². The third-order valence-corrected chi connectivity index (χ3v) is 7.16. The van der Waals surface area contributed by atoms with E-state index in [1.165, 1.54) is 55.8 Å². The second-order valence-electron chi connectivity index (χ2n) is 11.3. The minimum absolute atomic E-state index is 0.0369. The molecule has 0 bridgehead atoms. The highest BCUT2D eigenvalue weighted by molar-refractivity contribution is 6.06. The van der Waals surface area contributed by atoms with E-state index in [0.29, 0.717) is 30.6 Å². The van der Waals surface area contributed by atoms with Crippen LogP contribution in [0.4, 0.5) is 11.4 Å². The molecule has 3 amide bonds. The molecule has 0 unspecified atom stereocenters. The first-order chi connectivity index (χ1) is 19.4. The van der Waals surface area contributed by atoms with Crippen molar-refractivity contribution in [2.24, 2.45) is 5.92 Å². The molecule has 2 aliphatic rings. The minimum Gasteiger partial charge on any atom is -0.350 e. The van der Waals surface area contributed by atoms with Gasteiger partial charge in [0.25, 0.3) is 11.6 Å². The summed E-state index contributed by atoms with van der Waals surface area (Å²) in [6.07, 6.45) is 8.36. The van der Waals surface area contributed by atoms with Gasteiger partial charge in [-0.25, -0.2) is 0 Å². The van der Waals surface area contributed by atoms with Crippen molar-refractivity contribution in [3.8, 4) is 0 Å². The summed E-state index contributed by atoms with van der Waals surface area (Å²) in [6, 6.07) is 4.98. The molecule has 1 aromatic carbocycles. The minimum atomic E-state index is -0.479. The summed E-state index contributed by atoms with van der Waals surface area (Å²) in [4.78, 5) is 51.9. The predicted octanol–water partition coefficient (Wildman–Crippen LogP) is 4.96. The maximum atomic E-state index is 13.0. The smallest absolute Gasteiger partial charge is 0.271 e. The monoisotopic (exact) mass is 573 g/mol. The molecule has 1 fully saturated rings. The quantitative estimate of drug-likeness (QED) is 0.193. The molecule has 2 heterocycles. The van der Waals surface area contributed by atoms with Crippen molar-refractivity contribution in [1.29, 1.82) is 0 Å². The van der Waals surface area contributed by atoms with Crippen LogP contribution in [0, 0.1) is 16.0 Å². The maximum absolute atomic E-state index is 13.0. The molecule has 41 heavy (non-hydrogen) atoms. The Labute approximate surface area is 246 Å². The number of amides is 3. The third kappa shape index (κ3) is 11.3. The number of carbonyl (C=O) groups excluding carboxylic acids is 3. The van der Waals surface area contributed by atoms with Crippen molar-refractivity contribution in [3.05, 3.63) is 45.5 Å². The number of likely N-dealkylation sites (tertiary alicyclic amines) is 1. The van der Waals surface area contributed by atoms with Crippen LogP contribution in [0.2, 0.25) is 0 Å². The largest absolute Gasteiger partial charge is 0.350 e. The standard InChI is InChI=1S/C20H26N4O5.C8H17N.C3H8/c1-13(2)17(22(4)19(26)11-21-12-25)9-14(3)20(27)23-8-7-15-5-6-16(24(28)29)10-18(15)23;1-8(2)9-6-4-3-5-7-9;1-3-2/h5-6,9-10,12-13,17H,7-8,11H2,1-4H3,(H,21,25);8H,3-7H2,1-2H3;3H2,1-2H3/b14-9+;;/t17-;;/m1../s1. The summed E-state index contributed by atoms with van der Waals surface area (Å²) in [6.45, 7) is 17.4. The highest BCUT2D eigenvalue weighted by Crippen LogP contribution is 2.32. The number of benzene rings is 1. The van der Waals surface area contributed by atoms with Crippen LogP contribution in [0.15, 0.2) is 29.8 Å². The summed E-state index contributed by atoms with van der Waals surface area (Å²) in [7, 11) is 1.63. The molecule has 1 saturated heterocycles. The lowest BCUT2D eigenvalue weighted by atomic mass is 9.99. The summed E-state index contributed by atoms with van der Waals surface area (Å²) >= 11 is 0. The molecule has 0 aromatic heterocycles. The highest BCUT2D eigenvalue weighted by Gasteiger charge is 2.29. The molecule has 0 spiro atoms. The van der Waals surface area contributed by atoms with E-state index in [4.69, 9.17) is 0 Å². The van der Waals surface area contributed by atoms with E-state index in [0.717, 1.165) is 11.6 Å². The Bertz CT molecular complexity index is 1030. The first kappa shape index (κ1) is 35.8. The van der Waals surface area contributed by atoms with Gasteiger partial charge in [-0.3, -0.25) is 24.5 Å². The molecule has 1 aromatic rings. The van der Waals surface area contributed by atoms with Crippen molar-refractivity contribution in [3.63, 3.8) is 0 Å². The molecule has 0 aliphatic carbocycles. The molecule has 1 atom stereocenters. The van der Waals surface area contributed by atoms with Gasteiger partial charge in [0.15, 0.2) is 0 Å². The Kier molecular flexibility index (Phi) is 15.9. The Morgan fingerprint density at radius 3 is 2.20 bits per heavy atom. The molecule has 10 heteroatoms. The van der Waals surface area contributed by atoms with E-state index in [1.807, 2.05) is 13.8 Å². The number of hydrogen-bond donors (Lipinski definition) is 1. The molecule has 3 rings (SSSR count). The van der Waals surface area contributed by atoms with Gasteiger partial charge in [-0.2, -0.15) is 0 Å².